The highest BCUT2D eigenvalue weighted by molar-refractivity contribution is 7.89. The Labute approximate surface area is 138 Å². The molecule has 0 aliphatic carbocycles. The number of benzene rings is 2. The molecule has 0 aliphatic heterocycles. The molecule has 2 rings (SSSR count). The summed E-state index contributed by atoms with van der Waals surface area (Å²) in [6.07, 6.45) is 0. The number of ether oxygens (including phenoxy) is 1. The normalized spacial score (nSPS) is 11.5. The summed E-state index contributed by atoms with van der Waals surface area (Å²) >= 11 is 0. The number of rotatable bonds is 6. The Hall–Kier alpha value is -1.85. The average molecular weight is 333 g/mol. The van der Waals surface area contributed by atoms with E-state index in [-0.39, 0.29) is 13.2 Å². The Morgan fingerprint density at radius 2 is 1.65 bits per heavy atom. The smallest absolute Gasteiger partial charge is 0.240 e. The molecule has 124 valence electrons. The van der Waals surface area contributed by atoms with Gasteiger partial charge in [-0.1, -0.05) is 23.8 Å². The molecule has 0 aromatic heterocycles. The zero-order chi connectivity index (χ0) is 17.0. The average Bonchev–Trinajstić information content (AvgIpc) is 2.47. The number of aryl methyl sites for hydroxylation is 4. The zero-order valence-electron chi connectivity index (χ0n) is 14.0. The van der Waals surface area contributed by atoms with Crippen LogP contribution in [0.2, 0.25) is 0 Å². The van der Waals surface area contributed by atoms with Crippen LogP contribution in [0.15, 0.2) is 41.3 Å². The summed E-state index contributed by atoms with van der Waals surface area (Å²) < 4.78 is 32.8. The first-order chi connectivity index (χ1) is 10.8. The van der Waals surface area contributed by atoms with Crippen molar-refractivity contribution in [1.82, 2.24) is 4.72 Å². The highest BCUT2D eigenvalue weighted by Crippen LogP contribution is 2.17. The summed E-state index contributed by atoms with van der Waals surface area (Å²) in [7, 11) is -3.51. The van der Waals surface area contributed by atoms with Gasteiger partial charge in [-0.15, -0.1) is 0 Å². The van der Waals surface area contributed by atoms with E-state index in [9.17, 15) is 8.42 Å². The van der Waals surface area contributed by atoms with Gasteiger partial charge in [-0.2, -0.15) is 0 Å². The molecule has 0 radical (unpaired) electrons. The van der Waals surface area contributed by atoms with E-state index in [0.29, 0.717) is 4.90 Å². The second-order valence-electron chi connectivity index (χ2n) is 5.76. The van der Waals surface area contributed by atoms with Gasteiger partial charge in [0.25, 0.3) is 0 Å². The van der Waals surface area contributed by atoms with Gasteiger partial charge < -0.3 is 4.74 Å². The Morgan fingerprint density at radius 1 is 0.913 bits per heavy atom. The summed E-state index contributed by atoms with van der Waals surface area (Å²) in [5.41, 5.74) is 4.14. The molecule has 0 spiro atoms. The Kier molecular flexibility index (Phi) is 5.44. The van der Waals surface area contributed by atoms with Crippen LogP contribution in [0.5, 0.6) is 5.75 Å². The van der Waals surface area contributed by atoms with Gasteiger partial charge in [0, 0.05) is 6.54 Å². The lowest BCUT2D eigenvalue weighted by Crippen LogP contribution is -2.28. The van der Waals surface area contributed by atoms with Crippen LogP contribution in [-0.4, -0.2) is 21.6 Å². The first-order valence-corrected chi connectivity index (χ1v) is 9.05. The maximum atomic E-state index is 12.3. The molecule has 23 heavy (non-hydrogen) atoms. The lowest BCUT2D eigenvalue weighted by molar-refractivity contribution is 0.322. The summed E-state index contributed by atoms with van der Waals surface area (Å²) in [4.78, 5) is 0.314. The van der Waals surface area contributed by atoms with Gasteiger partial charge in [-0.25, -0.2) is 13.1 Å². The molecular weight excluding hydrogens is 310 g/mol. The number of nitrogens with one attached hydrogen (secondary N) is 1. The maximum Gasteiger partial charge on any atom is 0.240 e. The van der Waals surface area contributed by atoms with Crippen molar-refractivity contribution < 1.29 is 13.2 Å². The van der Waals surface area contributed by atoms with E-state index in [2.05, 4.69) is 4.72 Å². The zero-order valence-corrected chi connectivity index (χ0v) is 14.8. The van der Waals surface area contributed by atoms with Crippen molar-refractivity contribution in [3.63, 3.8) is 0 Å². The van der Waals surface area contributed by atoms with Crippen molar-refractivity contribution in [1.29, 1.82) is 0 Å². The third kappa shape index (κ3) is 4.56. The summed E-state index contributed by atoms with van der Waals surface area (Å²) in [6, 6.07) is 11.1. The second kappa shape index (κ2) is 7.15. The fourth-order valence-electron chi connectivity index (χ4n) is 2.33. The van der Waals surface area contributed by atoms with Gasteiger partial charge in [0.05, 0.1) is 4.90 Å². The monoisotopic (exact) mass is 333 g/mol. The number of hydrogen-bond acceptors (Lipinski definition) is 3. The highest BCUT2D eigenvalue weighted by Gasteiger charge is 2.15. The summed E-state index contributed by atoms with van der Waals surface area (Å²) in [5.74, 6) is 0.749. The Morgan fingerprint density at radius 3 is 2.30 bits per heavy atom. The lowest BCUT2D eigenvalue weighted by atomic mass is 10.1. The molecule has 2 aromatic rings. The standard InChI is InChI=1S/C18H23NO3S/c1-13-5-8-18(16(4)11-13)23(20,21)19-9-10-22-17-7-6-14(2)15(3)12-17/h5-8,11-12,19H,9-10H2,1-4H3. The van der Waals surface area contributed by atoms with E-state index in [1.807, 2.05) is 45.0 Å². The van der Waals surface area contributed by atoms with Gasteiger partial charge >= 0.3 is 0 Å². The molecule has 0 atom stereocenters. The minimum atomic E-state index is -3.51. The molecule has 0 aliphatic rings. The predicted octanol–water partition coefficient (Wildman–Crippen LogP) is 3.28. The minimum absolute atomic E-state index is 0.225. The van der Waals surface area contributed by atoms with E-state index in [0.717, 1.165) is 22.4 Å². The molecular formula is C18H23NO3S. The first kappa shape index (κ1) is 17.5. The number of sulfonamides is 1. The topological polar surface area (TPSA) is 55.4 Å². The van der Waals surface area contributed by atoms with E-state index >= 15 is 0 Å². The van der Waals surface area contributed by atoms with Crippen molar-refractivity contribution in [2.24, 2.45) is 0 Å². The van der Waals surface area contributed by atoms with Crippen LogP contribution in [0, 0.1) is 27.7 Å². The largest absolute Gasteiger partial charge is 0.492 e. The molecule has 0 heterocycles. The third-order valence-electron chi connectivity index (χ3n) is 3.76. The van der Waals surface area contributed by atoms with E-state index < -0.39 is 10.0 Å². The molecule has 4 nitrogen and oxygen atoms in total. The second-order valence-corrected chi connectivity index (χ2v) is 7.50. The predicted molar refractivity (Wildman–Crippen MR) is 92.5 cm³/mol. The Balaban J connectivity index is 1.93. The summed E-state index contributed by atoms with van der Waals surface area (Å²) in [5, 5.41) is 0. The molecule has 0 amide bonds. The van der Waals surface area contributed by atoms with Crippen LogP contribution in [0.3, 0.4) is 0 Å². The molecule has 2 aromatic carbocycles. The van der Waals surface area contributed by atoms with Gasteiger partial charge in [0.15, 0.2) is 0 Å². The van der Waals surface area contributed by atoms with Crippen LogP contribution in [-0.2, 0) is 10.0 Å². The first-order valence-electron chi connectivity index (χ1n) is 7.56. The van der Waals surface area contributed by atoms with Crippen molar-refractivity contribution in [3.8, 4) is 5.75 Å². The van der Waals surface area contributed by atoms with Crippen LogP contribution in [0.4, 0.5) is 0 Å². The van der Waals surface area contributed by atoms with Crippen LogP contribution in [0.25, 0.3) is 0 Å². The quantitative estimate of drug-likeness (QED) is 0.826. The van der Waals surface area contributed by atoms with Crippen molar-refractivity contribution in [2.45, 2.75) is 32.6 Å². The summed E-state index contributed by atoms with van der Waals surface area (Å²) in [6.45, 7) is 8.30. The fraction of sp³-hybridized carbons (Fsp3) is 0.333. The van der Waals surface area contributed by atoms with Crippen LogP contribution in [0.1, 0.15) is 22.3 Å². The molecule has 0 fully saturated rings. The fourth-order valence-corrected chi connectivity index (χ4v) is 3.56. The van der Waals surface area contributed by atoms with E-state index in [4.69, 9.17) is 4.74 Å². The van der Waals surface area contributed by atoms with Crippen LogP contribution < -0.4 is 9.46 Å². The third-order valence-corrected chi connectivity index (χ3v) is 5.38. The van der Waals surface area contributed by atoms with Gasteiger partial charge in [0.1, 0.15) is 12.4 Å². The van der Waals surface area contributed by atoms with Gasteiger partial charge in [0.2, 0.25) is 10.0 Å². The number of hydrogen-bond donors (Lipinski definition) is 1. The Bertz CT molecular complexity index is 798. The van der Waals surface area contributed by atoms with Gasteiger partial charge in [-0.05, 0) is 62.6 Å². The molecule has 0 unspecified atom stereocenters. The molecule has 0 bridgehead atoms. The van der Waals surface area contributed by atoms with E-state index in [1.54, 1.807) is 19.1 Å². The molecule has 0 saturated heterocycles. The maximum absolute atomic E-state index is 12.3. The SMILES string of the molecule is Cc1ccc(S(=O)(=O)NCCOc2ccc(C)c(C)c2)c(C)c1. The molecule has 5 heteroatoms. The molecule has 0 saturated carbocycles. The van der Waals surface area contributed by atoms with Crippen molar-refractivity contribution in [2.75, 3.05) is 13.2 Å². The van der Waals surface area contributed by atoms with Crippen LogP contribution >= 0.6 is 0 Å². The van der Waals surface area contributed by atoms with Crippen molar-refractivity contribution in [3.05, 3.63) is 58.7 Å². The highest BCUT2D eigenvalue weighted by atomic mass is 32.2. The van der Waals surface area contributed by atoms with E-state index in [1.165, 1.54) is 5.56 Å². The molecule has 1 N–H and O–H groups in total. The van der Waals surface area contributed by atoms with Gasteiger partial charge in [-0.3, -0.25) is 0 Å². The minimum Gasteiger partial charge on any atom is -0.492 e. The lowest BCUT2D eigenvalue weighted by Gasteiger charge is -2.11. The van der Waals surface area contributed by atoms with Crippen molar-refractivity contribution >= 4 is 10.0 Å².